The summed E-state index contributed by atoms with van der Waals surface area (Å²) in [7, 11) is -4.00. The first-order valence-corrected chi connectivity index (χ1v) is 12.4. The van der Waals surface area contributed by atoms with Crippen LogP contribution in [0.1, 0.15) is 42.9 Å². The number of rotatable bonds is 8. The van der Waals surface area contributed by atoms with Gasteiger partial charge >= 0.3 is 0 Å². The third kappa shape index (κ3) is 6.08. The molecule has 0 heterocycles. The number of azide groups is 1. The van der Waals surface area contributed by atoms with E-state index in [0.717, 1.165) is 34.7 Å². The van der Waals surface area contributed by atoms with Gasteiger partial charge in [0.2, 0.25) is 0 Å². The zero-order chi connectivity index (χ0) is 24.4. The van der Waals surface area contributed by atoms with E-state index < -0.39 is 10.0 Å². The summed E-state index contributed by atoms with van der Waals surface area (Å²) in [5.41, 5.74) is 11.8. The zero-order valence-electron chi connectivity index (χ0n) is 19.2. The predicted octanol–water partition coefficient (Wildman–Crippen LogP) is 7.34. The summed E-state index contributed by atoms with van der Waals surface area (Å²) in [5.74, 6) is 2.90. The lowest BCUT2D eigenvalue weighted by Gasteiger charge is -2.20. The van der Waals surface area contributed by atoms with Crippen LogP contribution in [0.5, 0.6) is 0 Å². The van der Waals surface area contributed by atoms with E-state index in [4.69, 9.17) is 5.53 Å². The molecule has 0 aliphatic heterocycles. The van der Waals surface area contributed by atoms with Crippen molar-refractivity contribution in [1.29, 1.82) is 0 Å². The molecule has 0 N–H and O–H groups in total. The van der Waals surface area contributed by atoms with Gasteiger partial charge in [-0.3, -0.25) is 0 Å². The fourth-order valence-electron chi connectivity index (χ4n) is 3.24. The van der Waals surface area contributed by atoms with Crippen molar-refractivity contribution in [3.63, 3.8) is 0 Å². The van der Waals surface area contributed by atoms with E-state index in [9.17, 15) is 8.42 Å². The van der Waals surface area contributed by atoms with Gasteiger partial charge in [-0.15, -0.1) is 0 Å². The Bertz CT molecular complexity index is 1380. The van der Waals surface area contributed by atoms with Crippen LogP contribution >= 0.6 is 0 Å². The molecule has 0 saturated carbocycles. The first-order chi connectivity index (χ1) is 16.5. The Morgan fingerprint density at radius 3 is 2.47 bits per heavy atom. The SMILES string of the molecule is CCCC/C=C\c1ccccc1N(C#Cc1ccccc1N=[N+]=[N-])S(=O)(=O)c1ccc(C)cc1. The third-order valence-electron chi connectivity index (χ3n) is 5.09. The molecule has 0 aromatic heterocycles. The summed E-state index contributed by atoms with van der Waals surface area (Å²) >= 11 is 0. The molecule has 0 radical (unpaired) electrons. The molecule has 6 nitrogen and oxygen atoms in total. The highest BCUT2D eigenvalue weighted by atomic mass is 32.2. The van der Waals surface area contributed by atoms with Gasteiger partial charge in [-0.25, -0.2) is 8.42 Å². The van der Waals surface area contributed by atoms with Crippen LogP contribution in [-0.4, -0.2) is 8.42 Å². The minimum Gasteiger partial charge on any atom is -0.200 e. The van der Waals surface area contributed by atoms with Crippen LogP contribution in [-0.2, 0) is 10.0 Å². The van der Waals surface area contributed by atoms with Crippen molar-refractivity contribution in [3.8, 4) is 12.0 Å². The number of hydrogen-bond donors (Lipinski definition) is 0. The van der Waals surface area contributed by atoms with E-state index in [1.54, 1.807) is 60.7 Å². The molecule has 0 spiro atoms. The van der Waals surface area contributed by atoms with Crippen molar-refractivity contribution in [2.45, 2.75) is 38.0 Å². The molecule has 7 heteroatoms. The van der Waals surface area contributed by atoms with Crippen LogP contribution in [0.15, 0.2) is 88.9 Å². The summed E-state index contributed by atoms with van der Waals surface area (Å²) in [4.78, 5) is 2.97. The molecular weight excluding hydrogens is 444 g/mol. The molecule has 0 saturated heterocycles. The second kappa shape index (κ2) is 11.8. The molecule has 0 atom stereocenters. The van der Waals surface area contributed by atoms with E-state index in [1.807, 2.05) is 31.2 Å². The molecule has 34 heavy (non-hydrogen) atoms. The smallest absolute Gasteiger partial charge is 0.200 e. The van der Waals surface area contributed by atoms with E-state index in [1.165, 1.54) is 0 Å². The third-order valence-corrected chi connectivity index (χ3v) is 6.72. The van der Waals surface area contributed by atoms with Gasteiger partial charge in [0.1, 0.15) is 0 Å². The van der Waals surface area contributed by atoms with Crippen LogP contribution < -0.4 is 4.31 Å². The number of sulfonamides is 1. The van der Waals surface area contributed by atoms with Crippen molar-refractivity contribution < 1.29 is 8.42 Å². The lowest BCUT2D eigenvalue weighted by molar-refractivity contribution is 0.596. The van der Waals surface area contributed by atoms with Crippen LogP contribution in [0.3, 0.4) is 0 Å². The maximum absolute atomic E-state index is 13.7. The Morgan fingerprint density at radius 1 is 1.03 bits per heavy atom. The Morgan fingerprint density at radius 2 is 1.74 bits per heavy atom. The van der Waals surface area contributed by atoms with E-state index >= 15 is 0 Å². The van der Waals surface area contributed by atoms with E-state index in [-0.39, 0.29) is 4.90 Å². The number of anilines is 1. The number of allylic oxidation sites excluding steroid dienone is 1. The molecule has 0 aliphatic carbocycles. The highest BCUT2D eigenvalue weighted by molar-refractivity contribution is 7.93. The minimum atomic E-state index is -4.00. The van der Waals surface area contributed by atoms with Crippen molar-refractivity contribution in [2.24, 2.45) is 5.11 Å². The monoisotopic (exact) mass is 470 g/mol. The number of unbranched alkanes of at least 4 members (excludes halogenated alkanes) is 2. The van der Waals surface area contributed by atoms with Crippen molar-refractivity contribution in [3.05, 3.63) is 106 Å². The van der Waals surface area contributed by atoms with E-state index in [0.29, 0.717) is 16.9 Å². The largest absolute Gasteiger partial charge is 0.275 e. The highest BCUT2D eigenvalue weighted by Crippen LogP contribution is 2.28. The van der Waals surface area contributed by atoms with Gasteiger partial charge in [0.05, 0.1) is 16.3 Å². The standard InChI is InChI=1S/C27H26N4O2S/c1-3-4-5-6-12-24-13-8-10-15-27(24)31(34(32,33)25-18-16-22(2)17-19-25)21-20-23-11-7-9-14-26(23)29-30-28/h6-19H,3-5H2,1-2H3/b12-6-. The van der Waals surface area contributed by atoms with Crippen LogP contribution in [0.2, 0.25) is 0 Å². The molecule has 0 unspecified atom stereocenters. The molecule has 0 amide bonds. The molecule has 3 aromatic rings. The number of hydrogen-bond acceptors (Lipinski definition) is 3. The zero-order valence-corrected chi connectivity index (χ0v) is 20.0. The second-order valence-electron chi connectivity index (χ2n) is 7.63. The summed E-state index contributed by atoms with van der Waals surface area (Å²) < 4.78 is 28.5. The quantitative estimate of drug-likeness (QED) is 0.0861. The van der Waals surface area contributed by atoms with Gasteiger partial charge < -0.3 is 0 Å². The fraction of sp³-hybridized carbons (Fsp3) is 0.185. The molecule has 0 aliphatic rings. The summed E-state index contributed by atoms with van der Waals surface area (Å²) in [5, 5.41) is 3.66. The first kappa shape index (κ1) is 24.7. The summed E-state index contributed by atoms with van der Waals surface area (Å²) in [6.07, 6.45) is 7.01. The maximum Gasteiger partial charge on any atom is 0.275 e. The number of aryl methyl sites for hydroxylation is 1. The topological polar surface area (TPSA) is 86.1 Å². The average Bonchev–Trinajstić information content (AvgIpc) is 2.84. The maximum atomic E-state index is 13.7. The lowest BCUT2D eigenvalue weighted by Crippen LogP contribution is -2.27. The Kier molecular flexibility index (Phi) is 8.53. The van der Waals surface area contributed by atoms with Gasteiger partial charge in [-0.1, -0.05) is 91.1 Å². The molecule has 0 bridgehead atoms. The number of para-hydroxylation sites is 1. The normalized spacial score (nSPS) is 10.9. The molecule has 3 rings (SSSR count). The Hall–Kier alpha value is -3.98. The number of nitrogens with zero attached hydrogens (tertiary/aromatic N) is 4. The van der Waals surface area contributed by atoms with Crippen molar-refractivity contribution in [1.82, 2.24) is 0 Å². The van der Waals surface area contributed by atoms with Gasteiger partial charge in [0.25, 0.3) is 10.0 Å². The van der Waals surface area contributed by atoms with Crippen molar-refractivity contribution >= 4 is 27.5 Å². The molecule has 0 fully saturated rings. The minimum absolute atomic E-state index is 0.139. The number of benzene rings is 3. The van der Waals surface area contributed by atoms with Gasteiger partial charge in [0, 0.05) is 16.5 Å². The van der Waals surface area contributed by atoms with Gasteiger partial charge in [-0.2, -0.15) is 4.31 Å². The van der Waals surface area contributed by atoms with Crippen LogP contribution in [0.25, 0.3) is 16.5 Å². The summed E-state index contributed by atoms with van der Waals surface area (Å²) in [6, 6.07) is 23.5. The summed E-state index contributed by atoms with van der Waals surface area (Å²) in [6.45, 7) is 4.03. The Balaban J connectivity index is 2.17. The van der Waals surface area contributed by atoms with Crippen LogP contribution in [0, 0.1) is 18.9 Å². The van der Waals surface area contributed by atoms with Gasteiger partial charge in [-0.05, 0) is 54.6 Å². The molecule has 172 valence electrons. The predicted molar refractivity (Wildman–Crippen MR) is 138 cm³/mol. The molecule has 3 aromatic carbocycles. The second-order valence-corrected chi connectivity index (χ2v) is 9.42. The average molecular weight is 471 g/mol. The van der Waals surface area contributed by atoms with Gasteiger partial charge in [0.15, 0.2) is 0 Å². The van der Waals surface area contributed by atoms with Crippen molar-refractivity contribution in [2.75, 3.05) is 4.31 Å². The Labute approximate surface area is 201 Å². The highest BCUT2D eigenvalue weighted by Gasteiger charge is 2.25. The van der Waals surface area contributed by atoms with Crippen LogP contribution in [0.4, 0.5) is 11.4 Å². The fourth-order valence-corrected chi connectivity index (χ4v) is 4.52. The molecular formula is C27H26N4O2S. The lowest BCUT2D eigenvalue weighted by atomic mass is 10.1. The van der Waals surface area contributed by atoms with E-state index in [2.05, 4.69) is 28.9 Å². The first-order valence-electron chi connectivity index (χ1n) is 11.0.